The predicted octanol–water partition coefficient (Wildman–Crippen LogP) is 1.39. The second kappa shape index (κ2) is 3.38. The number of nitrogens with one attached hydrogen (secondary N) is 1. The summed E-state index contributed by atoms with van der Waals surface area (Å²) in [6.07, 6.45) is 6.18. The van der Waals surface area contributed by atoms with E-state index in [9.17, 15) is 4.79 Å². The highest BCUT2D eigenvalue weighted by Crippen LogP contribution is 2.51. The molecule has 1 saturated carbocycles. The van der Waals surface area contributed by atoms with E-state index in [-0.39, 0.29) is 17.2 Å². The van der Waals surface area contributed by atoms with Crippen LogP contribution in [-0.2, 0) is 11.8 Å². The molecule has 1 aromatic rings. The molecule has 4 nitrogen and oxygen atoms in total. The highest BCUT2D eigenvalue weighted by Gasteiger charge is 2.50. The van der Waals surface area contributed by atoms with Gasteiger partial charge in [0.1, 0.15) is 11.5 Å². The van der Waals surface area contributed by atoms with Crippen molar-refractivity contribution in [1.82, 2.24) is 9.78 Å². The van der Waals surface area contributed by atoms with Crippen LogP contribution in [0.2, 0.25) is 0 Å². The molecular weight excluding hydrogens is 202 g/mol. The van der Waals surface area contributed by atoms with Crippen LogP contribution in [0.4, 0.5) is 5.82 Å². The fourth-order valence-electron chi connectivity index (χ4n) is 1.78. The Morgan fingerprint density at radius 3 is 2.81 bits per heavy atom. The Balaban J connectivity index is 2.07. The molecule has 16 heavy (non-hydrogen) atoms. The largest absolute Gasteiger partial charge is 0.311 e. The minimum Gasteiger partial charge on any atom is -0.311 e. The fourth-order valence-corrected chi connectivity index (χ4v) is 1.78. The summed E-state index contributed by atoms with van der Waals surface area (Å²) in [6, 6.07) is 1.70. The lowest BCUT2D eigenvalue weighted by atomic mass is 10.1. The van der Waals surface area contributed by atoms with Crippen LogP contribution >= 0.6 is 0 Å². The van der Waals surface area contributed by atoms with E-state index in [0.29, 0.717) is 11.5 Å². The van der Waals surface area contributed by atoms with Gasteiger partial charge in [0.2, 0.25) is 5.91 Å². The average molecular weight is 217 g/mol. The van der Waals surface area contributed by atoms with Crippen molar-refractivity contribution in [2.45, 2.75) is 20.3 Å². The topological polar surface area (TPSA) is 46.9 Å². The number of anilines is 1. The number of rotatable bonds is 2. The number of carbonyl (C=O) groups excluding carboxylic acids is 1. The van der Waals surface area contributed by atoms with Crippen LogP contribution in [0.5, 0.6) is 0 Å². The molecule has 1 aliphatic carbocycles. The van der Waals surface area contributed by atoms with Crippen LogP contribution in [0.1, 0.15) is 26.0 Å². The first kappa shape index (κ1) is 10.7. The highest BCUT2D eigenvalue weighted by molar-refractivity contribution is 5.94. The number of hydrogen-bond acceptors (Lipinski definition) is 2. The van der Waals surface area contributed by atoms with Crippen LogP contribution in [-0.4, -0.2) is 15.7 Å². The molecule has 0 bridgehead atoms. The normalized spacial score (nSPS) is 21.2. The molecular formula is C12H15N3O. The monoisotopic (exact) mass is 217 g/mol. The lowest BCUT2D eigenvalue weighted by Gasteiger charge is -2.05. The molecule has 1 aliphatic rings. The predicted molar refractivity (Wildman–Crippen MR) is 61.7 cm³/mol. The maximum absolute atomic E-state index is 11.8. The lowest BCUT2D eigenvalue weighted by Crippen LogP contribution is -2.18. The summed E-state index contributed by atoms with van der Waals surface area (Å²) in [5, 5.41) is 6.91. The minimum atomic E-state index is 0.0524. The zero-order valence-electron chi connectivity index (χ0n) is 9.74. The molecule has 0 saturated heterocycles. The van der Waals surface area contributed by atoms with Gasteiger partial charge in [0.25, 0.3) is 0 Å². The van der Waals surface area contributed by atoms with E-state index in [1.54, 1.807) is 17.8 Å². The van der Waals surface area contributed by atoms with Crippen molar-refractivity contribution in [3.8, 4) is 12.3 Å². The number of amides is 1. The Labute approximate surface area is 95.0 Å². The van der Waals surface area contributed by atoms with Crippen molar-refractivity contribution >= 4 is 11.7 Å². The summed E-state index contributed by atoms with van der Waals surface area (Å²) in [6.45, 7) is 4.18. The van der Waals surface area contributed by atoms with Gasteiger partial charge in [0, 0.05) is 19.0 Å². The summed E-state index contributed by atoms with van der Waals surface area (Å²) in [5.74, 6) is 3.25. The van der Waals surface area contributed by atoms with Crippen molar-refractivity contribution in [3.05, 3.63) is 11.8 Å². The van der Waals surface area contributed by atoms with Gasteiger partial charge in [-0.3, -0.25) is 9.48 Å². The summed E-state index contributed by atoms with van der Waals surface area (Å²) in [7, 11) is 1.76. The molecule has 1 amide bonds. The molecule has 0 aromatic carbocycles. The van der Waals surface area contributed by atoms with Gasteiger partial charge in [-0.15, -0.1) is 6.42 Å². The maximum atomic E-state index is 11.8. The standard InChI is InChI=1S/C12H15N3O/c1-5-8-6-10(15(4)14-8)13-11(16)9-7-12(9,2)3/h1,6,9H,7H2,2-4H3,(H,13,16). The first-order valence-electron chi connectivity index (χ1n) is 5.25. The van der Waals surface area contributed by atoms with Crippen LogP contribution < -0.4 is 5.32 Å². The number of terminal acetylenes is 1. The number of hydrogen-bond donors (Lipinski definition) is 1. The van der Waals surface area contributed by atoms with Gasteiger partial charge in [-0.2, -0.15) is 5.10 Å². The van der Waals surface area contributed by atoms with Gasteiger partial charge in [-0.1, -0.05) is 13.8 Å². The van der Waals surface area contributed by atoms with E-state index in [1.807, 2.05) is 0 Å². The molecule has 1 unspecified atom stereocenters. The van der Waals surface area contributed by atoms with E-state index < -0.39 is 0 Å². The summed E-state index contributed by atoms with van der Waals surface area (Å²) in [5.41, 5.74) is 0.672. The summed E-state index contributed by atoms with van der Waals surface area (Å²) < 4.78 is 1.59. The molecule has 1 heterocycles. The second-order valence-electron chi connectivity index (χ2n) is 4.92. The van der Waals surface area contributed by atoms with E-state index in [1.165, 1.54) is 0 Å². The average Bonchev–Trinajstić information content (AvgIpc) is 2.70. The maximum Gasteiger partial charge on any atom is 0.229 e. The van der Waals surface area contributed by atoms with E-state index >= 15 is 0 Å². The fraction of sp³-hybridized carbons (Fsp3) is 0.500. The zero-order chi connectivity index (χ0) is 11.9. The molecule has 0 aliphatic heterocycles. The molecule has 1 N–H and O–H groups in total. The number of nitrogens with zero attached hydrogens (tertiary/aromatic N) is 2. The smallest absolute Gasteiger partial charge is 0.229 e. The summed E-state index contributed by atoms with van der Waals surface area (Å²) in [4.78, 5) is 11.8. The van der Waals surface area contributed by atoms with Crippen LogP contribution in [0.25, 0.3) is 0 Å². The second-order valence-corrected chi connectivity index (χ2v) is 4.92. The Kier molecular flexibility index (Phi) is 2.27. The number of carbonyl (C=O) groups is 1. The van der Waals surface area contributed by atoms with E-state index in [4.69, 9.17) is 6.42 Å². The number of aryl methyl sites for hydroxylation is 1. The molecule has 84 valence electrons. The van der Waals surface area contributed by atoms with Gasteiger partial charge in [-0.05, 0) is 17.8 Å². The third kappa shape index (κ3) is 1.81. The van der Waals surface area contributed by atoms with Crippen molar-refractivity contribution in [2.75, 3.05) is 5.32 Å². The third-order valence-corrected chi connectivity index (χ3v) is 3.11. The Bertz CT molecular complexity index is 479. The van der Waals surface area contributed by atoms with E-state index in [2.05, 4.69) is 30.2 Å². The molecule has 1 atom stereocenters. The van der Waals surface area contributed by atoms with Gasteiger partial charge in [0.05, 0.1) is 0 Å². The third-order valence-electron chi connectivity index (χ3n) is 3.11. The van der Waals surface area contributed by atoms with Crippen LogP contribution in [0, 0.1) is 23.7 Å². The van der Waals surface area contributed by atoms with Crippen molar-refractivity contribution < 1.29 is 4.79 Å². The molecule has 1 fully saturated rings. The van der Waals surface area contributed by atoms with Crippen molar-refractivity contribution in [2.24, 2.45) is 18.4 Å². The van der Waals surface area contributed by atoms with Crippen LogP contribution in [0.15, 0.2) is 6.07 Å². The number of aromatic nitrogens is 2. The van der Waals surface area contributed by atoms with Gasteiger partial charge in [-0.25, -0.2) is 0 Å². The lowest BCUT2D eigenvalue weighted by molar-refractivity contribution is -0.118. The molecule has 2 rings (SSSR count). The Morgan fingerprint density at radius 2 is 2.38 bits per heavy atom. The molecule has 4 heteroatoms. The van der Waals surface area contributed by atoms with Gasteiger partial charge in [0.15, 0.2) is 0 Å². The highest BCUT2D eigenvalue weighted by atomic mass is 16.2. The first-order valence-corrected chi connectivity index (χ1v) is 5.25. The molecule has 0 radical (unpaired) electrons. The molecule has 1 aromatic heterocycles. The minimum absolute atomic E-state index is 0.0524. The van der Waals surface area contributed by atoms with Crippen molar-refractivity contribution in [3.63, 3.8) is 0 Å². The molecule has 0 spiro atoms. The Hall–Kier alpha value is -1.76. The van der Waals surface area contributed by atoms with E-state index in [0.717, 1.165) is 6.42 Å². The Morgan fingerprint density at radius 1 is 1.75 bits per heavy atom. The van der Waals surface area contributed by atoms with Crippen LogP contribution in [0.3, 0.4) is 0 Å². The zero-order valence-corrected chi connectivity index (χ0v) is 9.74. The van der Waals surface area contributed by atoms with Crippen molar-refractivity contribution in [1.29, 1.82) is 0 Å². The van der Waals surface area contributed by atoms with Gasteiger partial charge < -0.3 is 5.32 Å². The quantitative estimate of drug-likeness (QED) is 0.761. The summed E-state index contributed by atoms with van der Waals surface area (Å²) >= 11 is 0. The first-order chi connectivity index (χ1) is 7.44. The SMILES string of the molecule is C#Cc1cc(NC(=O)C2CC2(C)C)n(C)n1. The van der Waals surface area contributed by atoms with Gasteiger partial charge >= 0.3 is 0 Å².